The SMILES string of the molecule is N#Cc1cnc2cc(/C=C/c3ccncc3)ccc2c1NCc1cc(Cl)cc(Cl)c1. The second kappa shape index (κ2) is 8.96. The van der Waals surface area contributed by atoms with Gasteiger partial charge in [-0.1, -0.05) is 47.5 Å². The van der Waals surface area contributed by atoms with Gasteiger partial charge in [-0.2, -0.15) is 5.26 Å². The van der Waals surface area contributed by atoms with Crippen molar-refractivity contribution < 1.29 is 0 Å². The van der Waals surface area contributed by atoms with Gasteiger partial charge >= 0.3 is 0 Å². The Balaban J connectivity index is 1.65. The van der Waals surface area contributed by atoms with Crippen LogP contribution in [0.3, 0.4) is 0 Å². The van der Waals surface area contributed by atoms with Gasteiger partial charge in [0.05, 0.1) is 16.8 Å². The maximum absolute atomic E-state index is 9.54. The molecule has 0 aliphatic rings. The first-order chi connectivity index (χ1) is 14.6. The van der Waals surface area contributed by atoms with Crippen LogP contribution in [0.1, 0.15) is 22.3 Å². The van der Waals surface area contributed by atoms with Gasteiger partial charge in [-0.05, 0) is 53.1 Å². The lowest BCUT2D eigenvalue weighted by Gasteiger charge is -2.12. The van der Waals surface area contributed by atoms with Crippen molar-refractivity contribution >= 4 is 51.9 Å². The van der Waals surface area contributed by atoms with Crippen molar-refractivity contribution in [1.82, 2.24) is 9.97 Å². The molecule has 0 saturated carbocycles. The van der Waals surface area contributed by atoms with Crippen molar-refractivity contribution in [2.24, 2.45) is 0 Å². The highest BCUT2D eigenvalue weighted by atomic mass is 35.5. The Kier molecular flexibility index (Phi) is 5.94. The van der Waals surface area contributed by atoms with Gasteiger partial charge in [0.15, 0.2) is 0 Å². The zero-order chi connectivity index (χ0) is 20.9. The van der Waals surface area contributed by atoms with Gasteiger partial charge in [-0.3, -0.25) is 9.97 Å². The third-order valence-electron chi connectivity index (χ3n) is 4.58. The smallest absolute Gasteiger partial charge is 0.103 e. The van der Waals surface area contributed by atoms with Crippen molar-refractivity contribution in [3.8, 4) is 6.07 Å². The minimum absolute atomic E-state index is 0.482. The first-order valence-corrected chi connectivity index (χ1v) is 9.98. The molecule has 2 aromatic heterocycles. The summed E-state index contributed by atoms with van der Waals surface area (Å²) in [6.07, 6.45) is 9.16. The van der Waals surface area contributed by atoms with Gasteiger partial charge in [0.1, 0.15) is 6.07 Å². The predicted molar refractivity (Wildman–Crippen MR) is 123 cm³/mol. The third-order valence-corrected chi connectivity index (χ3v) is 5.02. The molecular formula is C24H16Cl2N4. The van der Waals surface area contributed by atoms with Crippen LogP contribution in [-0.2, 0) is 6.54 Å². The van der Waals surface area contributed by atoms with E-state index in [1.165, 1.54) is 0 Å². The number of hydrogen-bond acceptors (Lipinski definition) is 4. The van der Waals surface area contributed by atoms with Crippen LogP contribution in [0, 0.1) is 11.3 Å². The molecule has 0 atom stereocenters. The van der Waals surface area contributed by atoms with E-state index < -0.39 is 0 Å². The Bertz CT molecular complexity index is 1260. The van der Waals surface area contributed by atoms with Crippen molar-refractivity contribution in [2.75, 3.05) is 5.32 Å². The number of benzene rings is 2. The van der Waals surface area contributed by atoms with E-state index in [0.29, 0.717) is 22.2 Å². The molecule has 4 nitrogen and oxygen atoms in total. The van der Waals surface area contributed by atoms with E-state index in [9.17, 15) is 5.26 Å². The maximum atomic E-state index is 9.54. The fourth-order valence-electron chi connectivity index (χ4n) is 3.16. The number of nitriles is 1. The molecule has 0 aliphatic heterocycles. The number of fused-ring (bicyclic) bond motifs is 1. The molecule has 30 heavy (non-hydrogen) atoms. The topological polar surface area (TPSA) is 61.6 Å². The van der Waals surface area contributed by atoms with Gasteiger partial charge < -0.3 is 5.32 Å². The molecule has 1 N–H and O–H groups in total. The minimum atomic E-state index is 0.482. The average Bonchev–Trinajstić information content (AvgIpc) is 2.75. The summed E-state index contributed by atoms with van der Waals surface area (Å²) in [6, 6.07) is 17.5. The molecule has 0 radical (unpaired) electrons. The highest BCUT2D eigenvalue weighted by molar-refractivity contribution is 6.34. The van der Waals surface area contributed by atoms with Crippen molar-refractivity contribution in [2.45, 2.75) is 6.54 Å². The van der Waals surface area contributed by atoms with E-state index in [1.807, 2.05) is 54.6 Å². The van der Waals surface area contributed by atoms with Crippen LogP contribution in [0.5, 0.6) is 0 Å². The van der Waals surface area contributed by atoms with E-state index in [-0.39, 0.29) is 0 Å². The molecule has 146 valence electrons. The van der Waals surface area contributed by atoms with Crippen LogP contribution in [-0.4, -0.2) is 9.97 Å². The molecule has 2 heterocycles. The Labute approximate surface area is 184 Å². The summed E-state index contributed by atoms with van der Waals surface area (Å²) in [4.78, 5) is 8.49. The highest BCUT2D eigenvalue weighted by Crippen LogP contribution is 2.28. The number of halogens is 2. The van der Waals surface area contributed by atoms with Gasteiger partial charge in [0.2, 0.25) is 0 Å². The molecule has 2 aromatic carbocycles. The van der Waals surface area contributed by atoms with Crippen LogP contribution in [0.4, 0.5) is 5.69 Å². The lowest BCUT2D eigenvalue weighted by Crippen LogP contribution is -2.03. The van der Waals surface area contributed by atoms with E-state index in [0.717, 1.165) is 33.3 Å². The molecular weight excluding hydrogens is 415 g/mol. The Hall–Kier alpha value is -3.39. The summed E-state index contributed by atoms with van der Waals surface area (Å²) in [7, 11) is 0. The number of hydrogen-bond donors (Lipinski definition) is 1. The Morgan fingerprint density at radius 3 is 2.40 bits per heavy atom. The number of nitrogens with one attached hydrogen (secondary N) is 1. The van der Waals surface area contributed by atoms with E-state index in [2.05, 4.69) is 21.4 Å². The third kappa shape index (κ3) is 4.60. The second-order valence-electron chi connectivity index (χ2n) is 6.68. The van der Waals surface area contributed by atoms with Crippen molar-refractivity contribution in [1.29, 1.82) is 5.26 Å². The molecule has 0 unspecified atom stereocenters. The quantitative estimate of drug-likeness (QED) is 0.387. The monoisotopic (exact) mass is 430 g/mol. The zero-order valence-electron chi connectivity index (χ0n) is 15.8. The van der Waals surface area contributed by atoms with E-state index >= 15 is 0 Å². The summed E-state index contributed by atoms with van der Waals surface area (Å²) in [5.41, 5.74) is 5.04. The standard InChI is InChI=1S/C24H16Cl2N4/c25-20-9-18(10-21(26)12-20)14-30-24-19(13-27)15-29-23-11-17(3-4-22(23)24)2-1-16-5-7-28-8-6-16/h1-12,15H,14H2,(H,29,30)/b2-1+. The molecule has 0 amide bonds. The van der Waals surface area contributed by atoms with Crippen LogP contribution < -0.4 is 5.32 Å². The molecule has 4 rings (SSSR count). The average molecular weight is 431 g/mol. The molecule has 0 fully saturated rings. The second-order valence-corrected chi connectivity index (χ2v) is 7.55. The van der Waals surface area contributed by atoms with Gasteiger partial charge in [0, 0.05) is 40.6 Å². The van der Waals surface area contributed by atoms with Gasteiger partial charge in [0.25, 0.3) is 0 Å². The normalized spacial score (nSPS) is 11.0. The van der Waals surface area contributed by atoms with Crippen LogP contribution in [0.15, 0.2) is 67.1 Å². The first-order valence-electron chi connectivity index (χ1n) is 9.22. The number of pyridine rings is 2. The molecule has 0 spiro atoms. The molecule has 4 aromatic rings. The molecule has 0 saturated heterocycles. The molecule has 0 aliphatic carbocycles. The van der Waals surface area contributed by atoms with Crippen molar-refractivity contribution in [3.05, 3.63) is 99.4 Å². The molecule has 6 heteroatoms. The van der Waals surface area contributed by atoms with E-state index in [1.54, 1.807) is 24.7 Å². The number of rotatable bonds is 5. The largest absolute Gasteiger partial charge is 0.379 e. The first kappa shape index (κ1) is 19.9. The Morgan fingerprint density at radius 1 is 0.933 bits per heavy atom. The zero-order valence-corrected chi connectivity index (χ0v) is 17.3. The van der Waals surface area contributed by atoms with E-state index in [4.69, 9.17) is 23.2 Å². The Morgan fingerprint density at radius 2 is 1.67 bits per heavy atom. The highest BCUT2D eigenvalue weighted by Gasteiger charge is 2.10. The lowest BCUT2D eigenvalue weighted by atomic mass is 10.1. The maximum Gasteiger partial charge on any atom is 0.103 e. The fraction of sp³-hybridized carbons (Fsp3) is 0.0417. The summed E-state index contributed by atoms with van der Waals surface area (Å²) >= 11 is 12.2. The summed E-state index contributed by atoms with van der Waals surface area (Å²) in [6.45, 7) is 0.484. The summed E-state index contributed by atoms with van der Waals surface area (Å²) in [5.74, 6) is 0. The molecule has 0 bridgehead atoms. The van der Waals surface area contributed by atoms with Crippen molar-refractivity contribution in [3.63, 3.8) is 0 Å². The summed E-state index contributed by atoms with van der Waals surface area (Å²) in [5, 5.41) is 14.9. The van der Waals surface area contributed by atoms with Crippen LogP contribution in [0.25, 0.3) is 23.1 Å². The minimum Gasteiger partial charge on any atom is -0.379 e. The van der Waals surface area contributed by atoms with Gasteiger partial charge in [-0.15, -0.1) is 0 Å². The lowest BCUT2D eigenvalue weighted by molar-refractivity contribution is 1.15. The number of aromatic nitrogens is 2. The van der Waals surface area contributed by atoms with Crippen LogP contribution in [0.2, 0.25) is 10.0 Å². The summed E-state index contributed by atoms with van der Waals surface area (Å²) < 4.78 is 0. The predicted octanol–water partition coefficient (Wildman–Crippen LogP) is 6.59. The van der Waals surface area contributed by atoms with Crippen LogP contribution >= 0.6 is 23.2 Å². The number of nitrogens with zero attached hydrogens (tertiary/aromatic N) is 3. The fourth-order valence-corrected chi connectivity index (χ4v) is 3.73. The number of anilines is 1. The van der Waals surface area contributed by atoms with Gasteiger partial charge in [-0.25, -0.2) is 0 Å².